The summed E-state index contributed by atoms with van der Waals surface area (Å²) in [6.45, 7) is 14.4. The summed E-state index contributed by atoms with van der Waals surface area (Å²) in [7, 11) is -1.50. The number of hydrogen-bond acceptors (Lipinski definition) is 3. The van der Waals surface area contributed by atoms with Crippen molar-refractivity contribution in [3.63, 3.8) is 0 Å². The standard InChI is InChI=1S/C24H18NO.C17H22NSi.Ir/c1-15(2)16-10-11-25-22(13-16)20-9-5-8-19-21-12-17-6-3-4-7-18(17)14-23(21)26-24(19)20;1-13(2)15-11-16(14-9-7-6-8-10-14)18-12-17(15)19(3,4)5;/h3-8,10-15H,1-2H3;6-9,11-13H,1-5H3;/q2*-1;/i11D,15D;13D;. The molecule has 0 bridgehead atoms. The Morgan fingerprint density at radius 1 is 0.761 bits per heavy atom. The first-order valence-electron chi connectivity index (χ1n) is 16.8. The molecule has 0 aliphatic rings. The van der Waals surface area contributed by atoms with Gasteiger partial charge in [-0.3, -0.25) is 0 Å². The summed E-state index contributed by atoms with van der Waals surface area (Å²) in [5.41, 5.74) is 6.59. The molecule has 1 radical (unpaired) electrons. The molecule has 0 atom stereocenters. The Kier molecular flexibility index (Phi) is 8.88. The van der Waals surface area contributed by atoms with Crippen LogP contribution in [0, 0.1) is 12.1 Å². The molecule has 46 heavy (non-hydrogen) atoms. The Labute approximate surface area is 291 Å². The van der Waals surface area contributed by atoms with Crippen molar-refractivity contribution in [2.75, 3.05) is 0 Å². The van der Waals surface area contributed by atoms with Crippen molar-refractivity contribution >= 4 is 46.0 Å². The summed E-state index contributed by atoms with van der Waals surface area (Å²) in [5.74, 6) is -1.42. The number of hydrogen-bond donors (Lipinski definition) is 0. The minimum absolute atomic E-state index is 0. The van der Waals surface area contributed by atoms with Gasteiger partial charge in [-0.15, -0.1) is 54.1 Å². The van der Waals surface area contributed by atoms with Crippen LogP contribution in [0.4, 0.5) is 0 Å². The molecule has 7 rings (SSSR count). The predicted molar refractivity (Wildman–Crippen MR) is 193 cm³/mol. The van der Waals surface area contributed by atoms with Crippen molar-refractivity contribution in [2.45, 2.75) is 59.1 Å². The van der Waals surface area contributed by atoms with Crippen LogP contribution in [-0.2, 0) is 20.1 Å². The molecule has 7 aromatic rings. The van der Waals surface area contributed by atoms with Crippen molar-refractivity contribution < 1.29 is 28.6 Å². The maximum absolute atomic E-state index is 8.44. The van der Waals surface area contributed by atoms with E-state index >= 15 is 0 Å². The van der Waals surface area contributed by atoms with Crippen LogP contribution in [0.25, 0.3) is 55.2 Å². The fraction of sp³-hybridized carbons (Fsp3) is 0.220. The third-order valence-corrected chi connectivity index (χ3v) is 10.1. The number of fused-ring (bicyclic) bond motifs is 4. The van der Waals surface area contributed by atoms with E-state index in [-0.39, 0.29) is 26.3 Å². The third-order valence-electron chi connectivity index (χ3n) is 8.07. The van der Waals surface area contributed by atoms with Gasteiger partial charge < -0.3 is 14.4 Å². The van der Waals surface area contributed by atoms with Crippen LogP contribution >= 0.6 is 0 Å². The largest absolute Gasteiger partial charge is 0.501 e. The van der Waals surface area contributed by atoms with Crippen molar-refractivity contribution in [1.82, 2.24) is 9.97 Å². The monoisotopic (exact) mass is 800 g/mol. The molecule has 0 fully saturated rings. The molecule has 0 amide bonds. The Hall–Kier alpha value is -3.89. The molecule has 0 unspecified atom stereocenters. The summed E-state index contributed by atoms with van der Waals surface area (Å²) < 4.78 is 31.1. The zero-order chi connectivity index (χ0) is 34.4. The van der Waals surface area contributed by atoms with Gasteiger partial charge in [0.25, 0.3) is 0 Å². The minimum Gasteiger partial charge on any atom is -0.501 e. The van der Waals surface area contributed by atoms with E-state index in [4.69, 9.17) is 8.53 Å². The first-order valence-corrected chi connectivity index (χ1v) is 18.8. The maximum atomic E-state index is 8.44. The number of nitrogens with zero attached hydrogens (tertiary/aromatic N) is 2. The molecule has 235 valence electrons. The van der Waals surface area contributed by atoms with Crippen LogP contribution in [0.5, 0.6) is 0 Å². The quantitative estimate of drug-likeness (QED) is 0.129. The molecule has 0 saturated carbocycles. The number of benzene rings is 4. The maximum Gasteiger partial charge on any atom is 0.121 e. The fourth-order valence-corrected chi connectivity index (χ4v) is 7.17. The van der Waals surface area contributed by atoms with Crippen LogP contribution in [0.15, 0.2) is 108 Å². The van der Waals surface area contributed by atoms with Gasteiger partial charge in [0.05, 0.1) is 15.0 Å². The Morgan fingerprint density at radius 2 is 1.50 bits per heavy atom. The van der Waals surface area contributed by atoms with E-state index in [1.54, 1.807) is 6.07 Å². The van der Waals surface area contributed by atoms with E-state index in [1.807, 2.05) is 88.5 Å². The zero-order valence-corrected chi connectivity index (χ0v) is 30.8. The first-order chi connectivity index (χ1) is 22.6. The number of furan rings is 1. The summed E-state index contributed by atoms with van der Waals surface area (Å²) in [6.07, 6.45) is 2.12. The molecule has 4 aromatic carbocycles. The van der Waals surface area contributed by atoms with Crippen LogP contribution in [0.2, 0.25) is 19.6 Å². The molecule has 3 aromatic heterocycles. The molecule has 0 spiro atoms. The molecular weight excluding hydrogens is 757 g/mol. The van der Waals surface area contributed by atoms with E-state index in [1.165, 1.54) is 5.19 Å². The molecule has 5 heteroatoms. The average Bonchev–Trinajstić information content (AvgIpc) is 3.40. The van der Waals surface area contributed by atoms with Crippen LogP contribution in [0.3, 0.4) is 0 Å². The number of pyridine rings is 2. The second-order valence-corrected chi connectivity index (χ2v) is 17.9. The van der Waals surface area contributed by atoms with Gasteiger partial charge in [0.15, 0.2) is 0 Å². The molecular formula is C41H40IrN2OSi-2. The summed E-state index contributed by atoms with van der Waals surface area (Å²) in [4.78, 5) is 8.99. The van der Waals surface area contributed by atoms with E-state index in [0.29, 0.717) is 11.3 Å². The Bertz CT molecular complexity index is 2270. The van der Waals surface area contributed by atoms with Gasteiger partial charge in [0, 0.05) is 40.6 Å². The molecule has 0 aliphatic heterocycles. The molecule has 0 saturated heterocycles. The van der Waals surface area contributed by atoms with Crippen LogP contribution in [-0.4, -0.2) is 18.0 Å². The Morgan fingerprint density at radius 3 is 2.17 bits per heavy atom. The van der Waals surface area contributed by atoms with Crippen molar-refractivity contribution in [1.29, 1.82) is 0 Å². The normalized spacial score (nSPS) is 13.0. The van der Waals surface area contributed by atoms with E-state index in [2.05, 4.69) is 72.1 Å². The van der Waals surface area contributed by atoms with E-state index in [9.17, 15) is 0 Å². The Balaban J connectivity index is 0.000000199. The van der Waals surface area contributed by atoms with E-state index < -0.39 is 19.9 Å². The first kappa shape index (κ1) is 29.5. The van der Waals surface area contributed by atoms with Crippen LogP contribution < -0.4 is 5.19 Å². The average molecular weight is 800 g/mol. The van der Waals surface area contributed by atoms with Gasteiger partial charge >= 0.3 is 0 Å². The fourth-order valence-electron chi connectivity index (χ4n) is 5.59. The summed E-state index contributed by atoms with van der Waals surface area (Å²) in [5, 5.41) is 5.61. The van der Waals surface area contributed by atoms with Gasteiger partial charge in [-0.05, 0) is 57.3 Å². The zero-order valence-electron chi connectivity index (χ0n) is 30.4. The third kappa shape index (κ3) is 6.93. The van der Waals surface area contributed by atoms with E-state index in [0.717, 1.165) is 55.1 Å². The molecule has 3 nitrogen and oxygen atoms in total. The van der Waals surface area contributed by atoms with Gasteiger partial charge in [-0.1, -0.05) is 106 Å². The second-order valence-electron chi connectivity index (χ2n) is 12.9. The molecule has 0 aliphatic carbocycles. The minimum atomic E-state index is -1.50. The van der Waals surface area contributed by atoms with Crippen molar-refractivity contribution in [3.05, 3.63) is 127 Å². The molecule has 0 N–H and O–H groups in total. The molecule has 3 heterocycles. The van der Waals surface area contributed by atoms with Crippen molar-refractivity contribution in [3.8, 4) is 22.5 Å². The van der Waals surface area contributed by atoms with Gasteiger partial charge in [-0.25, -0.2) is 0 Å². The van der Waals surface area contributed by atoms with Gasteiger partial charge in [-0.2, -0.15) is 0 Å². The van der Waals surface area contributed by atoms with Gasteiger partial charge in [0.2, 0.25) is 0 Å². The van der Waals surface area contributed by atoms with Gasteiger partial charge in [0.1, 0.15) is 5.58 Å². The topological polar surface area (TPSA) is 38.9 Å². The summed E-state index contributed by atoms with van der Waals surface area (Å²) in [6, 6.07) is 36.2. The number of rotatable bonds is 5. The predicted octanol–water partition coefficient (Wildman–Crippen LogP) is 10.9. The SMILES string of the molecule is [2H]C(C)(C)c1cc(-c2[c-]cccc2)ncc1[Si](C)(C)C.[2H]c1cc(C([2H])(C)C)cc(-c2[c-]ccc3c2oc2cc4ccccc4cc23)n1.[Ir]. The summed E-state index contributed by atoms with van der Waals surface area (Å²) >= 11 is 0. The second kappa shape index (κ2) is 13.8. The van der Waals surface area contributed by atoms with Crippen molar-refractivity contribution in [2.24, 2.45) is 0 Å². The van der Waals surface area contributed by atoms with Crippen LogP contribution in [0.1, 0.15) is 54.7 Å². The number of aromatic nitrogens is 2. The smallest absolute Gasteiger partial charge is 0.121 e.